The number of hydrogen-bond acceptors (Lipinski definition) is 6. The van der Waals surface area contributed by atoms with Gasteiger partial charge in [-0.05, 0) is 12.8 Å². The van der Waals surface area contributed by atoms with E-state index in [4.69, 9.17) is 19.3 Å². The van der Waals surface area contributed by atoms with E-state index < -0.39 is 32.5 Å². The molecule has 61 heavy (non-hydrogen) atoms. The molecule has 0 aromatic rings. The number of unbranched alkanes of at least 4 members (excludes halogenated alkanes) is 41. The van der Waals surface area contributed by atoms with Crippen molar-refractivity contribution < 1.29 is 37.9 Å². The van der Waals surface area contributed by atoms with Gasteiger partial charge in [-0.2, -0.15) is 0 Å². The van der Waals surface area contributed by atoms with Gasteiger partial charge >= 0.3 is 19.8 Å². The third kappa shape index (κ3) is 51.6. The van der Waals surface area contributed by atoms with Crippen LogP contribution in [0, 0.1) is 0 Å². The summed E-state index contributed by atoms with van der Waals surface area (Å²) in [5.41, 5.74) is 0. The lowest BCUT2D eigenvalue weighted by atomic mass is 10.0. The van der Waals surface area contributed by atoms with Gasteiger partial charge in [-0.1, -0.05) is 277 Å². The van der Waals surface area contributed by atoms with E-state index >= 15 is 0 Å². The second-order valence-corrected chi connectivity index (χ2v) is 19.8. The summed E-state index contributed by atoms with van der Waals surface area (Å²) in [6.45, 7) is 3.76. The first-order valence-corrected chi connectivity index (χ1v) is 28.4. The molecule has 0 spiro atoms. The second kappa shape index (κ2) is 48.5. The fourth-order valence-corrected chi connectivity index (χ4v) is 8.74. The van der Waals surface area contributed by atoms with Crippen molar-refractivity contribution >= 4 is 19.8 Å². The Bertz CT molecular complexity index is 956. The van der Waals surface area contributed by atoms with E-state index in [0.717, 1.165) is 32.1 Å². The summed E-state index contributed by atoms with van der Waals surface area (Å²) in [6.07, 6.45) is 55.6. The summed E-state index contributed by atoms with van der Waals surface area (Å²) in [4.78, 5) is 43.1. The summed E-state index contributed by atoms with van der Waals surface area (Å²) in [6, 6.07) is 0. The minimum atomic E-state index is -4.75. The summed E-state index contributed by atoms with van der Waals surface area (Å²) in [5.74, 6) is -0.859. The quantitative estimate of drug-likeness (QED) is 0.0352. The SMILES string of the molecule is CCCCCCCCCCCCCCCCCCCCCCCCCCC(=O)OC(COC(=O)CCCCCCCCCCCCCCCCCCCCC)COP(=O)(O)O. The van der Waals surface area contributed by atoms with Crippen molar-refractivity contribution in [3.8, 4) is 0 Å². The number of carbonyl (C=O) groups excluding carboxylic acids is 2. The molecule has 0 aliphatic carbocycles. The number of ether oxygens (including phenoxy) is 2. The third-order valence-corrected chi connectivity index (χ3v) is 12.9. The first-order chi connectivity index (χ1) is 29.8. The Labute approximate surface area is 378 Å². The van der Waals surface area contributed by atoms with Crippen molar-refractivity contribution in [1.82, 2.24) is 0 Å². The van der Waals surface area contributed by atoms with Crippen molar-refractivity contribution in [3.05, 3.63) is 0 Å². The minimum Gasteiger partial charge on any atom is -0.462 e. The van der Waals surface area contributed by atoms with Gasteiger partial charge in [0.2, 0.25) is 0 Å². The molecular weight excluding hydrogens is 784 g/mol. The zero-order valence-electron chi connectivity index (χ0n) is 40.6. The van der Waals surface area contributed by atoms with Crippen LogP contribution in [-0.2, 0) is 28.2 Å². The van der Waals surface area contributed by atoms with Gasteiger partial charge in [0.1, 0.15) is 6.61 Å². The predicted octanol–water partition coefficient (Wildman–Crippen LogP) is 17.1. The lowest BCUT2D eigenvalue weighted by molar-refractivity contribution is -0.161. The van der Waals surface area contributed by atoms with Crippen molar-refractivity contribution in [1.29, 1.82) is 0 Å². The fourth-order valence-electron chi connectivity index (χ4n) is 8.38. The van der Waals surface area contributed by atoms with Gasteiger partial charge in [-0.3, -0.25) is 14.1 Å². The maximum Gasteiger partial charge on any atom is 0.469 e. The van der Waals surface area contributed by atoms with Gasteiger partial charge in [0.05, 0.1) is 6.61 Å². The zero-order valence-corrected chi connectivity index (χ0v) is 41.5. The molecule has 0 amide bonds. The number of phosphoric ester groups is 1. The molecule has 0 heterocycles. The van der Waals surface area contributed by atoms with Gasteiger partial charge in [0, 0.05) is 12.8 Å². The molecule has 0 aliphatic rings. The van der Waals surface area contributed by atoms with Gasteiger partial charge in [0.25, 0.3) is 0 Å². The lowest BCUT2D eigenvalue weighted by Crippen LogP contribution is -2.29. The van der Waals surface area contributed by atoms with Crippen LogP contribution in [0.2, 0.25) is 0 Å². The van der Waals surface area contributed by atoms with E-state index in [2.05, 4.69) is 18.4 Å². The lowest BCUT2D eigenvalue weighted by Gasteiger charge is -2.18. The predicted molar refractivity (Wildman–Crippen MR) is 258 cm³/mol. The summed E-state index contributed by atoms with van der Waals surface area (Å²) < 4.78 is 26.6. The van der Waals surface area contributed by atoms with Crippen molar-refractivity contribution in [3.63, 3.8) is 0 Å². The van der Waals surface area contributed by atoms with Crippen LogP contribution in [0.25, 0.3) is 0 Å². The molecule has 0 aliphatic heterocycles. The van der Waals surface area contributed by atoms with E-state index in [0.29, 0.717) is 6.42 Å². The van der Waals surface area contributed by atoms with Crippen LogP contribution in [0.1, 0.15) is 303 Å². The highest BCUT2D eigenvalue weighted by atomic mass is 31.2. The Morgan fingerprint density at radius 1 is 0.361 bits per heavy atom. The summed E-state index contributed by atoms with van der Waals surface area (Å²) in [7, 11) is -4.75. The second-order valence-electron chi connectivity index (χ2n) is 18.6. The maximum atomic E-state index is 12.5. The molecule has 0 bridgehead atoms. The van der Waals surface area contributed by atoms with Gasteiger partial charge in [0.15, 0.2) is 6.10 Å². The Balaban J connectivity index is 3.73. The van der Waals surface area contributed by atoms with E-state index in [9.17, 15) is 14.2 Å². The largest absolute Gasteiger partial charge is 0.469 e. The fraction of sp³-hybridized carbons (Fsp3) is 0.962. The highest BCUT2D eigenvalue weighted by Gasteiger charge is 2.23. The average Bonchev–Trinajstić information content (AvgIpc) is 3.23. The molecule has 0 radical (unpaired) electrons. The number of esters is 2. The number of hydrogen-bond donors (Lipinski definition) is 2. The molecule has 8 nitrogen and oxygen atoms in total. The van der Waals surface area contributed by atoms with Crippen molar-refractivity contribution in [2.45, 2.75) is 309 Å². The van der Waals surface area contributed by atoms with Gasteiger partial charge < -0.3 is 19.3 Å². The average molecular weight is 887 g/mol. The molecule has 2 N–H and O–H groups in total. The van der Waals surface area contributed by atoms with Gasteiger partial charge in [-0.25, -0.2) is 4.57 Å². The number of carbonyl (C=O) groups is 2. The number of rotatable bonds is 51. The number of phosphoric acid groups is 1. The normalized spacial score (nSPS) is 12.3. The third-order valence-electron chi connectivity index (χ3n) is 12.4. The molecule has 0 aromatic heterocycles. The van der Waals surface area contributed by atoms with Crippen LogP contribution < -0.4 is 0 Å². The first-order valence-electron chi connectivity index (χ1n) is 26.8. The van der Waals surface area contributed by atoms with E-state index in [-0.39, 0.29) is 19.4 Å². The van der Waals surface area contributed by atoms with E-state index in [1.165, 1.54) is 238 Å². The smallest absolute Gasteiger partial charge is 0.462 e. The molecule has 0 rings (SSSR count). The zero-order chi connectivity index (χ0) is 44.6. The van der Waals surface area contributed by atoms with Crippen LogP contribution in [0.5, 0.6) is 0 Å². The standard InChI is InChI=1S/C52H103O8P/c1-3-5-7-9-11-13-15-17-19-21-23-24-25-26-27-29-31-33-35-37-39-41-43-45-47-52(54)60-50(49-59-61(55,56)57)48-58-51(53)46-44-42-40-38-36-34-32-30-28-22-20-18-16-14-12-10-8-6-4-2/h50H,3-49H2,1-2H3,(H2,55,56,57). The van der Waals surface area contributed by atoms with Crippen LogP contribution >= 0.6 is 7.82 Å². The Hall–Kier alpha value is -0.950. The molecule has 9 heteroatoms. The topological polar surface area (TPSA) is 119 Å². The molecule has 1 atom stereocenters. The minimum absolute atomic E-state index is 0.221. The summed E-state index contributed by atoms with van der Waals surface area (Å²) >= 11 is 0. The molecular formula is C52H103O8P. The van der Waals surface area contributed by atoms with Crippen LogP contribution in [-0.4, -0.2) is 41.0 Å². The highest BCUT2D eigenvalue weighted by molar-refractivity contribution is 7.46. The molecule has 0 saturated heterocycles. The Morgan fingerprint density at radius 2 is 0.590 bits per heavy atom. The Kier molecular flexibility index (Phi) is 47.7. The van der Waals surface area contributed by atoms with Crippen LogP contribution in [0.15, 0.2) is 0 Å². The first kappa shape index (κ1) is 60.1. The highest BCUT2D eigenvalue weighted by Crippen LogP contribution is 2.36. The summed E-state index contributed by atoms with van der Waals surface area (Å²) in [5, 5.41) is 0. The molecule has 0 saturated carbocycles. The van der Waals surface area contributed by atoms with Crippen LogP contribution in [0.4, 0.5) is 0 Å². The van der Waals surface area contributed by atoms with Crippen molar-refractivity contribution in [2.24, 2.45) is 0 Å². The molecule has 0 aromatic carbocycles. The monoisotopic (exact) mass is 887 g/mol. The van der Waals surface area contributed by atoms with Crippen LogP contribution in [0.3, 0.4) is 0 Å². The molecule has 1 unspecified atom stereocenters. The van der Waals surface area contributed by atoms with E-state index in [1.54, 1.807) is 0 Å². The Morgan fingerprint density at radius 3 is 0.836 bits per heavy atom. The molecule has 364 valence electrons. The van der Waals surface area contributed by atoms with Gasteiger partial charge in [-0.15, -0.1) is 0 Å². The maximum absolute atomic E-state index is 12.5. The molecule has 0 fully saturated rings. The van der Waals surface area contributed by atoms with E-state index in [1.807, 2.05) is 0 Å². The van der Waals surface area contributed by atoms with Crippen molar-refractivity contribution in [2.75, 3.05) is 13.2 Å².